The standard InChI is InChI=1S/C18H24N4O/c1-14-6-8-22(17(10-14)11-19)18(23)16-4-2-15(3-5-16)12-21-9-7-20-13-21/h2-5,7,9,13-14,17H,6,8,10-12,19H2,1H3. The van der Waals surface area contributed by atoms with Gasteiger partial charge in [-0.2, -0.15) is 0 Å². The summed E-state index contributed by atoms with van der Waals surface area (Å²) in [5.41, 5.74) is 7.77. The van der Waals surface area contributed by atoms with Gasteiger partial charge >= 0.3 is 0 Å². The maximum Gasteiger partial charge on any atom is 0.254 e. The SMILES string of the molecule is CC1CCN(C(=O)c2ccc(Cn3ccnc3)cc2)C(CN)C1. The minimum atomic E-state index is 0.0986. The molecule has 5 nitrogen and oxygen atoms in total. The molecule has 2 aromatic rings. The Balaban J connectivity index is 1.69. The van der Waals surface area contributed by atoms with Gasteiger partial charge in [-0.1, -0.05) is 19.1 Å². The monoisotopic (exact) mass is 312 g/mol. The van der Waals surface area contributed by atoms with Gasteiger partial charge in [-0.25, -0.2) is 4.98 Å². The van der Waals surface area contributed by atoms with Gasteiger partial charge < -0.3 is 15.2 Å². The van der Waals surface area contributed by atoms with Crippen molar-refractivity contribution in [2.24, 2.45) is 11.7 Å². The highest BCUT2D eigenvalue weighted by atomic mass is 16.2. The van der Waals surface area contributed by atoms with Gasteiger partial charge in [0.1, 0.15) is 0 Å². The Kier molecular flexibility index (Phi) is 4.76. The van der Waals surface area contributed by atoms with Gasteiger partial charge in [0.25, 0.3) is 5.91 Å². The molecule has 1 aromatic carbocycles. The Labute approximate surface area is 137 Å². The van der Waals surface area contributed by atoms with Gasteiger partial charge in [0.15, 0.2) is 0 Å². The van der Waals surface area contributed by atoms with Crippen LogP contribution in [0.25, 0.3) is 0 Å². The smallest absolute Gasteiger partial charge is 0.254 e. The summed E-state index contributed by atoms with van der Waals surface area (Å²) in [5, 5.41) is 0. The quantitative estimate of drug-likeness (QED) is 0.940. The molecule has 2 unspecified atom stereocenters. The summed E-state index contributed by atoms with van der Waals surface area (Å²) in [6.45, 7) is 4.34. The van der Waals surface area contributed by atoms with Crippen LogP contribution in [-0.4, -0.2) is 39.5 Å². The van der Waals surface area contributed by atoms with E-state index >= 15 is 0 Å². The van der Waals surface area contributed by atoms with Crippen LogP contribution in [0.5, 0.6) is 0 Å². The van der Waals surface area contributed by atoms with Gasteiger partial charge in [-0.15, -0.1) is 0 Å². The number of nitrogens with zero attached hydrogens (tertiary/aromatic N) is 3. The maximum atomic E-state index is 12.8. The van der Waals surface area contributed by atoms with E-state index in [9.17, 15) is 4.79 Å². The topological polar surface area (TPSA) is 64.2 Å². The number of piperidine rings is 1. The van der Waals surface area contributed by atoms with E-state index in [-0.39, 0.29) is 11.9 Å². The molecule has 1 saturated heterocycles. The third kappa shape index (κ3) is 3.62. The Bertz CT molecular complexity index is 636. The molecule has 122 valence electrons. The van der Waals surface area contributed by atoms with E-state index in [1.807, 2.05) is 39.9 Å². The molecule has 0 bridgehead atoms. The zero-order valence-corrected chi connectivity index (χ0v) is 13.6. The molecule has 1 amide bonds. The van der Waals surface area contributed by atoms with Crippen LogP contribution in [0.15, 0.2) is 43.0 Å². The van der Waals surface area contributed by atoms with Gasteiger partial charge in [-0.3, -0.25) is 4.79 Å². The fourth-order valence-corrected chi connectivity index (χ4v) is 3.25. The first-order valence-electron chi connectivity index (χ1n) is 8.23. The van der Waals surface area contributed by atoms with E-state index in [0.29, 0.717) is 12.5 Å². The molecule has 0 aliphatic carbocycles. The van der Waals surface area contributed by atoms with Crippen LogP contribution in [0.2, 0.25) is 0 Å². The van der Waals surface area contributed by atoms with Crippen molar-refractivity contribution < 1.29 is 4.79 Å². The highest BCUT2D eigenvalue weighted by Crippen LogP contribution is 2.23. The summed E-state index contributed by atoms with van der Waals surface area (Å²) in [6.07, 6.45) is 7.55. The number of hydrogen-bond acceptors (Lipinski definition) is 3. The van der Waals surface area contributed by atoms with Crippen molar-refractivity contribution in [2.75, 3.05) is 13.1 Å². The second-order valence-electron chi connectivity index (χ2n) is 6.45. The van der Waals surface area contributed by atoms with Crippen LogP contribution in [0, 0.1) is 5.92 Å². The van der Waals surface area contributed by atoms with Gasteiger partial charge in [0, 0.05) is 43.6 Å². The van der Waals surface area contributed by atoms with Crippen LogP contribution in [0.4, 0.5) is 0 Å². The number of benzene rings is 1. The summed E-state index contributed by atoms with van der Waals surface area (Å²) < 4.78 is 2.01. The van der Waals surface area contributed by atoms with E-state index < -0.39 is 0 Å². The lowest BCUT2D eigenvalue weighted by molar-refractivity contribution is 0.0573. The number of carbonyl (C=O) groups is 1. The predicted molar refractivity (Wildman–Crippen MR) is 90.0 cm³/mol. The van der Waals surface area contributed by atoms with Crippen molar-refractivity contribution in [3.8, 4) is 0 Å². The number of carbonyl (C=O) groups excluding carboxylic acids is 1. The van der Waals surface area contributed by atoms with Crippen molar-refractivity contribution in [1.82, 2.24) is 14.5 Å². The molecule has 0 spiro atoms. The first kappa shape index (κ1) is 15.7. The number of nitrogens with two attached hydrogens (primary N) is 1. The molecule has 1 fully saturated rings. The minimum Gasteiger partial charge on any atom is -0.334 e. The van der Waals surface area contributed by atoms with Crippen molar-refractivity contribution in [3.63, 3.8) is 0 Å². The summed E-state index contributed by atoms with van der Waals surface area (Å²) in [6, 6.07) is 8.02. The van der Waals surface area contributed by atoms with E-state index in [4.69, 9.17) is 5.73 Å². The van der Waals surface area contributed by atoms with Crippen LogP contribution >= 0.6 is 0 Å². The molecule has 1 aliphatic rings. The Morgan fingerprint density at radius 1 is 1.35 bits per heavy atom. The molecule has 2 heterocycles. The Morgan fingerprint density at radius 2 is 2.13 bits per heavy atom. The summed E-state index contributed by atoms with van der Waals surface area (Å²) in [7, 11) is 0. The number of amides is 1. The van der Waals surface area contributed by atoms with E-state index in [1.165, 1.54) is 0 Å². The van der Waals surface area contributed by atoms with Crippen molar-refractivity contribution in [3.05, 3.63) is 54.1 Å². The maximum absolute atomic E-state index is 12.8. The highest BCUT2D eigenvalue weighted by molar-refractivity contribution is 5.94. The first-order chi connectivity index (χ1) is 11.2. The molecular weight excluding hydrogens is 288 g/mol. The van der Waals surface area contributed by atoms with Gasteiger partial charge in [0.05, 0.1) is 6.33 Å². The number of rotatable bonds is 4. The van der Waals surface area contributed by atoms with Gasteiger partial charge in [-0.05, 0) is 36.5 Å². The first-order valence-corrected chi connectivity index (χ1v) is 8.23. The van der Waals surface area contributed by atoms with Crippen molar-refractivity contribution in [2.45, 2.75) is 32.4 Å². The summed E-state index contributed by atoms with van der Waals surface area (Å²) in [4.78, 5) is 18.7. The number of likely N-dealkylation sites (tertiary alicyclic amines) is 1. The molecule has 5 heteroatoms. The molecular formula is C18H24N4O. The molecule has 0 saturated carbocycles. The second-order valence-corrected chi connectivity index (χ2v) is 6.45. The number of imidazole rings is 1. The molecule has 2 N–H and O–H groups in total. The van der Waals surface area contributed by atoms with E-state index in [2.05, 4.69) is 11.9 Å². The van der Waals surface area contributed by atoms with Crippen LogP contribution in [-0.2, 0) is 6.54 Å². The lowest BCUT2D eigenvalue weighted by atomic mass is 9.92. The summed E-state index contributed by atoms with van der Waals surface area (Å²) >= 11 is 0. The lowest BCUT2D eigenvalue weighted by Crippen LogP contribution is -2.49. The van der Waals surface area contributed by atoms with Crippen LogP contribution < -0.4 is 5.73 Å². The molecule has 1 aromatic heterocycles. The Hall–Kier alpha value is -2.14. The molecule has 3 rings (SSSR count). The Morgan fingerprint density at radius 3 is 2.78 bits per heavy atom. The summed E-state index contributed by atoms with van der Waals surface area (Å²) in [5.74, 6) is 0.742. The molecule has 2 atom stereocenters. The molecule has 23 heavy (non-hydrogen) atoms. The number of hydrogen-bond donors (Lipinski definition) is 1. The third-order valence-corrected chi connectivity index (χ3v) is 4.64. The average Bonchev–Trinajstić information content (AvgIpc) is 3.08. The third-order valence-electron chi connectivity index (χ3n) is 4.64. The van der Waals surface area contributed by atoms with E-state index in [0.717, 1.165) is 37.1 Å². The zero-order valence-electron chi connectivity index (χ0n) is 13.6. The van der Waals surface area contributed by atoms with Gasteiger partial charge in [0.2, 0.25) is 0 Å². The molecule has 0 radical (unpaired) electrons. The van der Waals surface area contributed by atoms with Crippen LogP contribution in [0.3, 0.4) is 0 Å². The number of aromatic nitrogens is 2. The highest BCUT2D eigenvalue weighted by Gasteiger charge is 2.29. The zero-order chi connectivity index (χ0) is 16.2. The minimum absolute atomic E-state index is 0.0986. The van der Waals surface area contributed by atoms with Crippen LogP contribution in [0.1, 0.15) is 35.7 Å². The fraction of sp³-hybridized carbons (Fsp3) is 0.444. The molecule has 1 aliphatic heterocycles. The average molecular weight is 312 g/mol. The fourth-order valence-electron chi connectivity index (χ4n) is 3.25. The predicted octanol–water partition coefficient (Wildman–Crippen LogP) is 2.13. The van der Waals surface area contributed by atoms with Crippen molar-refractivity contribution in [1.29, 1.82) is 0 Å². The largest absolute Gasteiger partial charge is 0.334 e. The van der Waals surface area contributed by atoms with Crippen molar-refractivity contribution >= 4 is 5.91 Å². The lowest BCUT2D eigenvalue weighted by Gasteiger charge is -2.38. The van der Waals surface area contributed by atoms with E-state index in [1.54, 1.807) is 12.5 Å². The normalized spacial score (nSPS) is 21.4. The second kappa shape index (κ2) is 6.96.